The smallest absolute Gasteiger partial charge is 0.260 e. The van der Waals surface area contributed by atoms with Gasteiger partial charge in [-0.2, -0.15) is 0 Å². The second kappa shape index (κ2) is 10.3. The van der Waals surface area contributed by atoms with Gasteiger partial charge in [0, 0.05) is 43.3 Å². The first-order valence-electron chi connectivity index (χ1n) is 12.4. The highest BCUT2D eigenvalue weighted by molar-refractivity contribution is 6.06. The number of aromatic nitrogens is 1. The van der Waals surface area contributed by atoms with Gasteiger partial charge in [-0.1, -0.05) is 61.4 Å². The normalized spacial score (nSPS) is 22.1. The van der Waals surface area contributed by atoms with Crippen LogP contribution < -0.4 is 4.90 Å². The Morgan fingerprint density at radius 3 is 2.21 bits per heavy atom. The van der Waals surface area contributed by atoms with Crippen LogP contribution in [0.3, 0.4) is 0 Å². The van der Waals surface area contributed by atoms with Gasteiger partial charge in [-0.05, 0) is 61.4 Å². The van der Waals surface area contributed by atoms with Crippen molar-refractivity contribution in [3.63, 3.8) is 0 Å². The van der Waals surface area contributed by atoms with E-state index in [0.29, 0.717) is 17.5 Å². The minimum Gasteiger partial charge on any atom is -0.305 e. The lowest BCUT2D eigenvalue weighted by molar-refractivity contribution is 0.0895. The number of nitrogens with zero attached hydrogens (tertiary/aromatic N) is 3. The molecular formula is C29H33N3O. The van der Waals surface area contributed by atoms with Crippen LogP contribution in [-0.2, 0) is 0 Å². The van der Waals surface area contributed by atoms with Gasteiger partial charge in [-0.3, -0.25) is 14.7 Å². The number of hydrogen-bond acceptors (Lipinski definition) is 3. The maximum absolute atomic E-state index is 13.5. The molecule has 2 atom stereocenters. The fraction of sp³-hybridized carbons (Fsp3) is 0.379. The van der Waals surface area contributed by atoms with Gasteiger partial charge in [-0.15, -0.1) is 0 Å². The van der Waals surface area contributed by atoms with E-state index < -0.39 is 0 Å². The number of anilines is 1. The molecule has 4 heteroatoms. The second-order valence-electron chi connectivity index (χ2n) is 9.39. The third kappa shape index (κ3) is 4.86. The molecule has 1 aromatic heterocycles. The van der Waals surface area contributed by atoms with E-state index in [1.54, 1.807) is 12.4 Å². The van der Waals surface area contributed by atoms with Gasteiger partial charge in [0.1, 0.15) is 0 Å². The molecule has 2 aliphatic rings. The highest BCUT2D eigenvalue weighted by atomic mass is 16.2. The summed E-state index contributed by atoms with van der Waals surface area (Å²) < 4.78 is 0. The first kappa shape index (κ1) is 21.8. The van der Waals surface area contributed by atoms with Crippen molar-refractivity contribution in [1.82, 2.24) is 9.88 Å². The van der Waals surface area contributed by atoms with E-state index in [2.05, 4.69) is 40.2 Å². The first-order chi connectivity index (χ1) is 16.3. The van der Waals surface area contributed by atoms with Crippen molar-refractivity contribution in [1.29, 1.82) is 0 Å². The van der Waals surface area contributed by atoms with Gasteiger partial charge in [-0.25, -0.2) is 0 Å². The molecule has 1 aliphatic carbocycles. The summed E-state index contributed by atoms with van der Waals surface area (Å²) in [5.41, 5.74) is 3.12. The molecule has 2 heterocycles. The van der Waals surface area contributed by atoms with Crippen LogP contribution in [-0.4, -0.2) is 41.0 Å². The molecule has 4 nitrogen and oxygen atoms in total. The Balaban J connectivity index is 1.33. The average Bonchev–Trinajstić information content (AvgIpc) is 2.91. The number of benzene rings is 2. The van der Waals surface area contributed by atoms with Gasteiger partial charge < -0.3 is 4.90 Å². The van der Waals surface area contributed by atoms with Gasteiger partial charge in [0.05, 0.1) is 5.56 Å². The summed E-state index contributed by atoms with van der Waals surface area (Å²) in [5, 5.41) is 0. The zero-order chi connectivity index (χ0) is 22.5. The molecule has 2 aromatic carbocycles. The topological polar surface area (TPSA) is 36.4 Å². The zero-order valence-corrected chi connectivity index (χ0v) is 19.2. The molecule has 0 spiro atoms. The summed E-state index contributed by atoms with van der Waals surface area (Å²) in [5.74, 6) is 0.673. The predicted molar refractivity (Wildman–Crippen MR) is 134 cm³/mol. The first-order valence-corrected chi connectivity index (χ1v) is 12.4. The zero-order valence-electron chi connectivity index (χ0n) is 19.2. The van der Waals surface area contributed by atoms with Crippen LogP contribution in [0.4, 0.5) is 5.69 Å². The van der Waals surface area contributed by atoms with Gasteiger partial charge in [0.25, 0.3) is 5.91 Å². The molecular weight excluding hydrogens is 406 g/mol. The summed E-state index contributed by atoms with van der Waals surface area (Å²) in [6.45, 7) is 2.09. The third-order valence-electron chi connectivity index (χ3n) is 7.45. The molecule has 1 aliphatic heterocycles. The molecule has 1 saturated heterocycles. The summed E-state index contributed by atoms with van der Waals surface area (Å²) in [7, 11) is 0. The van der Waals surface area contributed by atoms with Crippen molar-refractivity contribution in [2.45, 2.75) is 56.5 Å². The van der Waals surface area contributed by atoms with E-state index in [1.165, 1.54) is 31.2 Å². The van der Waals surface area contributed by atoms with E-state index in [4.69, 9.17) is 0 Å². The largest absolute Gasteiger partial charge is 0.305 e. The lowest BCUT2D eigenvalue weighted by Gasteiger charge is -2.45. The number of amides is 1. The maximum Gasteiger partial charge on any atom is 0.260 e. The Morgan fingerprint density at radius 1 is 0.818 bits per heavy atom. The molecule has 1 saturated carbocycles. The quantitative estimate of drug-likeness (QED) is 0.495. The number of pyridine rings is 1. The molecule has 1 amide bonds. The number of rotatable bonds is 5. The Kier molecular flexibility index (Phi) is 6.82. The van der Waals surface area contributed by atoms with E-state index in [0.717, 1.165) is 31.6 Å². The summed E-state index contributed by atoms with van der Waals surface area (Å²) in [6.07, 6.45) is 10.6. The molecule has 0 bridgehead atoms. The van der Waals surface area contributed by atoms with E-state index in [9.17, 15) is 4.79 Å². The SMILES string of the molecule is O=C(c1cccnc1)N(c1ccccc1)C1CCN(C2CCCCC2c2ccccc2)CC1. The number of para-hydroxylation sites is 1. The minimum atomic E-state index is 0.0487. The van der Waals surface area contributed by atoms with Crippen LogP contribution in [0.2, 0.25) is 0 Å². The molecule has 170 valence electrons. The molecule has 0 N–H and O–H groups in total. The summed E-state index contributed by atoms with van der Waals surface area (Å²) in [6, 6.07) is 25.7. The van der Waals surface area contributed by atoms with E-state index >= 15 is 0 Å². The molecule has 3 aromatic rings. The maximum atomic E-state index is 13.5. The van der Waals surface area contributed by atoms with Gasteiger partial charge in [0.15, 0.2) is 0 Å². The predicted octanol–water partition coefficient (Wildman–Crippen LogP) is 5.92. The van der Waals surface area contributed by atoms with Crippen molar-refractivity contribution < 1.29 is 4.79 Å². The molecule has 0 radical (unpaired) electrons. The van der Waals surface area contributed by atoms with Crippen LogP contribution >= 0.6 is 0 Å². The molecule has 2 fully saturated rings. The third-order valence-corrected chi connectivity index (χ3v) is 7.45. The Morgan fingerprint density at radius 2 is 1.52 bits per heavy atom. The van der Waals surface area contributed by atoms with Crippen molar-refractivity contribution in [2.24, 2.45) is 0 Å². The fourth-order valence-electron chi connectivity index (χ4n) is 5.82. The van der Waals surface area contributed by atoms with Gasteiger partial charge >= 0.3 is 0 Å². The highest BCUT2D eigenvalue weighted by Crippen LogP contribution is 2.38. The fourth-order valence-corrected chi connectivity index (χ4v) is 5.82. The van der Waals surface area contributed by atoms with Crippen LogP contribution in [0.25, 0.3) is 0 Å². The monoisotopic (exact) mass is 439 g/mol. The van der Waals surface area contributed by atoms with Crippen LogP contribution in [0, 0.1) is 0 Å². The second-order valence-corrected chi connectivity index (χ2v) is 9.39. The van der Waals surface area contributed by atoms with Crippen molar-refractivity contribution >= 4 is 11.6 Å². The highest BCUT2D eigenvalue weighted by Gasteiger charge is 2.36. The van der Waals surface area contributed by atoms with E-state index in [-0.39, 0.29) is 11.9 Å². The number of carbonyl (C=O) groups is 1. The van der Waals surface area contributed by atoms with Crippen LogP contribution in [0.15, 0.2) is 85.2 Å². The number of hydrogen-bond donors (Lipinski definition) is 0. The lowest BCUT2D eigenvalue weighted by Crippen LogP contribution is -2.51. The summed E-state index contributed by atoms with van der Waals surface area (Å²) in [4.78, 5) is 22.4. The average molecular weight is 440 g/mol. The Labute approximate surface area is 197 Å². The minimum absolute atomic E-state index is 0.0487. The lowest BCUT2D eigenvalue weighted by atomic mass is 9.78. The molecule has 2 unspecified atom stereocenters. The molecule has 33 heavy (non-hydrogen) atoms. The Bertz CT molecular complexity index is 1020. The van der Waals surface area contributed by atoms with Gasteiger partial charge in [0.2, 0.25) is 0 Å². The molecule has 5 rings (SSSR count). The Hall–Kier alpha value is -2.98. The summed E-state index contributed by atoms with van der Waals surface area (Å²) >= 11 is 0. The van der Waals surface area contributed by atoms with Crippen molar-refractivity contribution in [2.75, 3.05) is 18.0 Å². The van der Waals surface area contributed by atoms with Crippen LogP contribution in [0.5, 0.6) is 0 Å². The number of likely N-dealkylation sites (tertiary alicyclic amines) is 1. The number of carbonyl (C=O) groups excluding carboxylic acids is 1. The van der Waals surface area contributed by atoms with E-state index in [1.807, 2.05) is 47.4 Å². The standard InChI is InChI=1S/C29H33N3O/c33-29(24-12-9-19-30-22-24)32(25-13-5-2-6-14-25)26-17-20-31(21-18-26)28-16-8-7-15-27(28)23-10-3-1-4-11-23/h1-6,9-14,19,22,26-28H,7-8,15-18,20-21H2. The van der Waals surface area contributed by atoms with Crippen LogP contribution in [0.1, 0.15) is 60.4 Å². The van der Waals surface area contributed by atoms with Crippen molar-refractivity contribution in [3.05, 3.63) is 96.3 Å². The van der Waals surface area contributed by atoms with Crippen molar-refractivity contribution in [3.8, 4) is 0 Å². The number of piperidine rings is 1.